The van der Waals surface area contributed by atoms with Gasteiger partial charge in [0.2, 0.25) is 0 Å². The van der Waals surface area contributed by atoms with Gasteiger partial charge in [0.25, 0.3) is 0 Å². The van der Waals surface area contributed by atoms with E-state index >= 15 is 0 Å². The second kappa shape index (κ2) is 5.23. The van der Waals surface area contributed by atoms with Crippen LogP contribution in [0.3, 0.4) is 0 Å². The summed E-state index contributed by atoms with van der Waals surface area (Å²) in [7, 11) is 0. The quantitative estimate of drug-likeness (QED) is 0.830. The van der Waals surface area contributed by atoms with Gasteiger partial charge in [-0.2, -0.15) is 0 Å². The Morgan fingerprint density at radius 3 is 3.28 bits per heavy atom. The highest BCUT2D eigenvalue weighted by molar-refractivity contribution is 5.42. The number of aromatic nitrogens is 2. The van der Waals surface area contributed by atoms with Crippen LogP contribution in [0.15, 0.2) is 41.4 Å². The van der Waals surface area contributed by atoms with Crippen molar-refractivity contribution in [3.8, 4) is 0 Å². The Kier molecular flexibility index (Phi) is 3.28. The van der Waals surface area contributed by atoms with Crippen LogP contribution in [0.1, 0.15) is 17.9 Å². The van der Waals surface area contributed by atoms with Gasteiger partial charge >= 0.3 is 0 Å². The zero-order valence-electron chi connectivity index (χ0n) is 10.3. The molecule has 0 spiro atoms. The first-order chi connectivity index (χ1) is 8.92. The number of nitrogens with zero attached hydrogens (tertiary/aromatic N) is 3. The smallest absolute Gasteiger partial charge is 0.126 e. The zero-order valence-corrected chi connectivity index (χ0v) is 10.3. The Hall–Kier alpha value is -1.81. The highest BCUT2D eigenvalue weighted by atomic mass is 16.3. The Morgan fingerprint density at radius 2 is 2.39 bits per heavy atom. The summed E-state index contributed by atoms with van der Waals surface area (Å²) < 4.78 is 7.52. The largest absolute Gasteiger partial charge is 0.465 e. The molecule has 1 aliphatic rings. The lowest BCUT2D eigenvalue weighted by Crippen LogP contribution is -2.23. The van der Waals surface area contributed by atoms with E-state index in [0.29, 0.717) is 0 Å². The summed E-state index contributed by atoms with van der Waals surface area (Å²) in [5, 5.41) is 0. The predicted octanol–water partition coefficient (Wildman–Crippen LogP) is 2.40. The van der Waals surface area contributed by atoms with Gasteiger partial charge in [0.1, 0.15) is 5.76 Å². The molecule has 4 heteroatoms. The number of furan rings is 1. The lowest BCUT2D eigenvalue weighted by Gasteiger charge is -2.16. The molecule has 0 unspecified atom stereocenters. The summed E-state index contributed by atoms with van der Waals surface area (Å²) in [6, 6.07) is 3.87. The highest BCUT2D eigenvalue weighted by Crippen LogP contribution is 2.11. The van der Waals surface area contributed by atoms with Crippen LogP contribution in [0, 0.1) is 0 Å². The first-order valence-electron chi connectivity index (χ1n) is 6.33. The lowest BCUT2D eigenvalue weighted by molar-refractivity contribution is 0.299. The van der Waals surface area contributed by atoms with Crippen LogP contribution < -0.4 is 0 Å². The van der Waals surface area contributed by atoms with Gasteiger partial charge in [0.05, 0.1) is 18.3 Å². The fourth-order valence-electron chi connectivity index (χ4n) is 2.31. The second-order valence-corrected chi connectivity index (χ2v) is 4.58. The summed E-state index contributed by atoms with van der Waals surface area (Å²) >= 11 is 0. The molecule has 94 valence electrons. The number of imidazole rings is 1. The first kappa shape index (κ1) is 11.3. The van der Waals surface area contributed by atoms with E-state index in [0.717, 1.165) is 31.9 Å². The highest BCUT2D eigenvalue weighted by Gasteiger charge is 2.12. The fourth-order valence-corrected chi connectivity index (χ4v) is 2.31. The van der Waals surface area contributed by atoms with Gasteiger partial charge in [-0.25, -0.2) is 4.98 Å². The molecular weight excluding hydrogens is 226 g/mol. The van der Waals surface area contributed by atoms with E-state index in [1.54, 1.807) is 6.26 Å². The molecular formula is C14H17N3O. The molecule has 0 aliphatic carbocycles. The van der Waals surface area contributed by atoms with E-state index in [9.17, 15) is 0 Å². The number of hydrogen-bond donors (Lipinski definition) is 0. The number of fused-ring (bicyclic) bond motifs is 1. The van der Waals surface area contributed by atoms with Crippen molar-refractivity contribution < 1.29 is 4.42 Å². The van der Waals surface area contributed by atoms with Gasteiger partial charge in [-0.3, -0.25) is 4.90 Å². The van der Waals surface area contributed by atoms with Crippen molar-refractivity contribution in [2.24, 2.45) is 0 Å². The molecule has 3 rings (SSSR count). The van der Waals surface area contributed by atoms with Crippen molar-refractivity contribution in [2.75, 3.05) is 13.1 Å². The maximum Gasteiger partial charge on any atom is 0.126 e. The van der Waals surface area contributed by atoms with Crippen LogP contribution in [0.25, 0.3) is 6.08 Å². The van der Waals surface area contributed by atoms with Gasteiger partial charge in [-0.15, -0.1) is 0 Å². The van der Waals surface area contributed by atoms with Crippen LogP contribution in [0.5, 0.6) is 0 Å². The Bertz CT molecular complexity index is 513. The Morgan fingerprint density at radius 1 is 1.39 bits per heavy atom. The van der Waals surface area contributed by atoms with E-state index in [1.807, 2.05) is 30.7 Å². The molecule has 0 atom stereocenters. The molecule has 3 heterocycles. The fraction of sp³-hybridized carbons (Fsp3) is 0.357. The minimum Gasteiger partial charge on any atom is -0.465 e. The predicted molar refractivity (Wildman–Crippen MR) is 69.9 cm³/mol. The van der Waals surface area contributed by atoms with Crippen LogP contribution in [-0.2, 0) is 13.1 Å². The van der Waals surface area contributed by atoms with Gasteiger partial charge in [-0.1, -0.05) is 6.08 Å². The standard InChI is InChI=1S/C14H17N3O/c1(4-14-5-2-9-18-14)6-16-7-3-8-17-12-15-10-13(17)11-16/h1-2,4-5,9-10,12H,3,6-8,11H2. The van der Waals surface area contributed by atoms with E-state index in [-0.39, 0.29) is 0 Å². The van der Waals surface area contributed by atoms with E-state index in [4.69, 9.17) is 4.42 Å². The summed E-state index contributed by atoms with van der Waals surface area (Å²) in [5.74, 6) is 0.912. The monoisotopic (exact) mass is 243 g/mol. The number of rotatable bonds is 3. The van der Waals surface area contributed by atoms with Crippen molar-refractivity contribution >= 4 is 6.08 Å². The zero-order chi connectivity index (χ0) is 12.2. The molecule has 2 aromatic heterocycles. The van der Waals surface area contributed by atoms with Crippen molar-refractivity contribution in [3.63, 3.8) is 0 Å². The lowest BCUT2D eigenvalue weighted by atomic mass is 10.3. The maximum absolute atomic E-state index is 5.27. The van der Waals surface area contributed by atoms with Crippen LogP contribution >= 0.6 is 0 Å². The van der Waals surface area contributed by atoms with Crippen LogP contribution in [-0.4, -0.2) is 27.5 Å². The molecule has 0 aromatic carbocycles. The Labute approximate surface area is 107 Å². The molecule has 0 N–H and O–H groups in total. The van der Waals surface area contributed by atoms with Crippen LogP contribution in [0.2, 0.25) is 0 Å². The van der Waals surface area contributed by atoms with Crippen molar-refractivity contribution in [1.82, 2.24) is 14.5 Å². The van der Waals surface area contributed by atoms with E-state index in [1.165, 1.54) is 12.1 Å². The first-order valence-corrected chi connectivity index (χ1v) is 6.33. The van der Waals surface area contributed by atoms with Crippen molar-refractivity contribution in [1.29, 1.82) is 0 Å². The average Bonchev–Trinajstić information content (AvgIpc) is 2.99. The summed E-state index contributed by atoms with van der Waals surface area (Å²) in [5.41, 5.74) is 1.30. The van der Waals surface area contributed by atoms with Gasteiger partial charge in [0, 0.05) is 32.4 Å². The van der Waals surface area contributed by atoms with Gasteiger partial charge in [-0.05, 0) is 24.6 Å². The minimum absolute atomic E-state index is 0.912. The van der Waals surface area contributed by atoms with E-state index in [2.05, 4.69) is 20.5 Å². The molecule has 0 saturated carbocycles. The molecule has 18 heavy (non-hydrogen) atoms. The van der Waals surface area contributed by atoms with Gasteiger partial charge in [0.15, 0.2) is 0 Å². The molecule has 0 bridgehead atoms. The molecule has 4 nitrogen and oxygen atoms in total. The van der Waals surface area contributed by atoms with Crippen molar-refractivity contribution in [2.45, 2.75) is 19.5 Å². The normalized spacial score (nSPS) is 16.9. The van der Waals surface area contributed by atoms with Gasteiger partial charge < -0.3 is 8.98 Å². The summed E-state index contributed by atoms with van der Waals surface area (Å²) in [6.45, 7) is 4.13. The molecule has 0 radical (unpaired) electrons. The number of aryl methyl sites for hydroxylation is 1. The molecule has 0 saturated heterocycles. The molecule has 2 aromatic rings. The molecule has 0 amide bonds. The topological polar surface area (TPSA) is 34.2 Å². The van der Waals surface area contributed by atoms with Crippen LogP contribution in [0.4, 0.5) is 0 Å². The summed E-state index contributed by atoms with van der Waals surface area (Å²) in [4.78, 5) is 6.63. The minimum atomic E-state index is 0.912. The SMILES string of the molecule is C(=Cc1ccco1)CN1CCCn2cncc2C1. The third-order valence-corrected chi connectivity index (χ3v) is 3.25. The van der Waals surface area contributed by atoms with Crippen molar-refractivity contribution in [3.05, 3.63) is 48.5 Å². The van der Waals surface area contributed by atoms with E-state index < -0.39 is 0 Å². The second-order valence-electron chi connectivity index (χ2n) is 4.58. The number of hydrogen-bond acceptors (Lipinski definition) is 3. The Balaban J connectivity index is 1.60. The third kappa shape index (κ3) is 2.54. The third-order valence-electron chi connectivity index (χ3n) is 3.25. The maximum atomic E-state index is 5.27. The molecule has 1 aliphatic heterocycles. The average molecular weight is 243 g/mol. The molecule has 0 fully saturated rings. The summed E-state index contributed by atoms with van der Waals surface area (Å²) in [6.07, 6.45) is 11.0.